The molecule has 0 aromatic carbocycles. The molecule has 14 heavy (non-hydrogen) atoms. The molecular weight excluding hydrogens is 182 g/mol. The van der Waals surface area contributed by atoms with Crippen LogP contribution in [0.2, 0.25) is 0 Å². The second-order valence-corrected chi connectivity index (χ2v) is 2.94. The van der Waals surface area contributed by atoms with Crippen LogP contribution in [0.5, 0.6) is 0 Å². The summed E-state index contributed by atoms with van der Waals surface area (Å²) in [5.74, 6) is -0.289. The number of hydrogen-bond donors (Lipinski definition) is 0. The maximum Gasteiger partial charge on any atom is 0.339 e. The fourth-order valence-corrected chi connectivity index (χ4v) is 1.34. The molecule has 2 rings (SSSR count). The van der Waals surface area contributed by atoms with Gasteiger partial charge in [0, 0.05) is 11.9 Å². The third-order valence-electron chi connectivity index (χ3n) is 1.99. The van der Waals surface area contributed by atoms with E-state index in [1.165, 1.54) is 0 Å². The third-order valence-corrected chi connectivity index (χ3v) is 1.99. The van der Waals surface area contributed by atoms with Crippen molar-refractivity contribution in [1.82, 2.24) is 4.57 Å². The van der Waals surface area contributed by atoms with Crippen LogP contribution in [0.15, 0.2) is 18.5 Å². The first-order valence-electron chi connectivity index (χ1n) is 4.46. The van der Waals surface area contributed by atoms with Crippen molar-refractivity contribution in [3.05, 3.63) is 29.8 Å². The van der Waals surface area contributed by atoms with Crippen LogP contribution in [0.3, 0.4) is 0 Å². The number of aromatic nitrogens is 1. The lowest BCUT2D eigenvalue weighted by Crippen LogP contribution is -2.04. The summed E-state index contributed by atoms with van der Waals surface area (Å²) >= 11 is 0. The molecule has 0 bridgehead atoms. The van der Waals surface area contributed by atoms with E-state index in [-0.39, 0.29) is 5.97 Å². The van der Waals surface area contributed by atoms with E-state index in [1.807, 2.05) is 10.6 Å². The zero-order valence-electron chi connectivity index (χ0n) is 7.90. The average molecular weight is 193 g/mol. The van der Waals surface area contributed by atoms with Gasteiger partial charge in [0.1, 0.15) is 0 Å². The summed E-state index contributed by atoms with van der Waals surface area (Å²) in [6, 6.07) is 1.79. The lowest BCUT2D eigenvalue weighted by Gasteiger charge is -2.09. The Labute approximate surface area is 81.7 Å². The predicted molar refractivity (Wildman–Crippen MR) is 50.5 cm³/mol. The van der Waals surface area contributed by atoms with Gasteiger partial charge in [-0.1, -0.05) is 0 Å². The fraction of sp³-hybridized carbons (Fsp3) is 0.300. The number of hydrogen-bond acceptors (Lipinski definition) is 3. The van der Waals surface area contributed by atoms with Crippen LogP contribution >= 0.6 is 0 Å². The minimum Gasteiger partial charge on any atom is -0.480 e. The number of carbonyl (C=O) groups is 1. The van der Waals surface area contributed by atoms with Crippen molar-refractivity contribution in [2.45, 2.75) is 13.7 Å². The van der Waals surface area contributed by atoms with Crippen molar-refractivity contribution in [1.29, 1.82) is 0 Å². The standard InChI is InChI=1S/C10H11NO3/c1-2-14-10(12)8-5-9-3-4-13-7-11(9)6-8/h3-6H,2,7H2,1H3. The Balaban J connectivity index is 2.24. The van der Waals surface area contributed by atoms with Crippen LogP contribution in [0, 0.1) is 0 Å². The van der Waals surface area contributed by atoms with Gasteiger partial charge in [-0.3, -0.25) is 0 Å². The van der Waals surface area contributed by atoms with E-state index in [2.05, 4.69) is 0 Å². The third kappa shape index (κ3) is 1.51. The highest BCUT2D eigenvalue weighted by Crippen LogP contribution is 2.15. The Morgan fingerprint density at radius 2 is 2.57 bits per heavy atom. The Hall–Kier alpha value is -1.71. The molecular formula is C10H11NO3. The number of esters is 1. The van der Waals surface area contributed by atoms with Crippen LogP contribution in [0.25, 0.3) is 6.08 Å². The molecule has 74 valence electrons. The lowest BCUT2D eigenvalue weighted by atomic mass is 10.3. The molecule has 0 N–H and O–H groups in total. The molecule has 0 fully saturated rings. The van der Waals surface area contributed by atoms with Crippen molar-refractivity contribution >= 4 is 12.0 Å². The molecule has 1 aromatic rings. The Morgan fingerprint density at radius 1 is 1.71 bits per heavy atom. The van der Waals surface area contributed by atoms with E-state index in [9.17, 15) is 4.79 Å². The number of fused-ring (bicyclic) bond motifs is 1. The molecule has 4 nitrogen and oxygen atoms in total. The molecule has 0 radical (unpaired) electrons. The predicted octanol–water partition coefficient (Wildman–Crippen LogP) is 1.62. The molecule has 1 aromatic heterocycles. The molecule has 1 aliphatic rings. The van der Waals surface area contributed by atoms with Crippen LogP contribution < -0.4 is 0 Å². The van der Waals surface area contributed by atoms with Crippen LogP contribution in [0.1, 0.15) is 23.0 Å². The highest BCUT2D eigenvalue weighted by atomic mass is 16.5. The molecule has 0 atom stereocenters. The van der Waals surface area contributed by atoms with Gasteiger partial charge in [0.2, 0.25) is 0 Å². The second-order valence-electron chi connectivity index (χ2n) is 2.94. The molecule has 0 saturated heterocycles. The summed E-state index contributed by atoms with van der Waals surface area (Å²) in [7, 11) is 0. The number of rotatable bonds is 2. The largest absolute Gasteiger partial charge is 0.480 e. The summed E-state index contributed by atoms with van der Waals surface area (Å²) in [4.78, 5) is 11.4. The SMILES string of the molecule is CCOC(=O)c1cc2n(c1)COC=C2. The van der Waals surface area contributed by atoms with Gasteiger partial charge >= 0.3 is 5.97 Å². The van der Waals surface area contributed by atoms with Crippen molar-refractivity contribution in [2.75, 3.05) is 6.61 Å². The van der Waals surface area contributed by atoms with Gasteiger partial charge in [-0.25, -0.2) is 4.79 Å². The smallest absolute Gasteiger partial charge is 0.339 e. The first kappa shape index (κ1) is 8.87. The van der Waals surface area contributed by atoms with Gasteiger partial charge in [-0.05, 0) is 19.1 Å². The van der Waals surface area contributed by atoms with E-state index in [4.69, 9.17) is 9.47 Å². The molecule has 0 aliphatic carbocycles. The molecule has 2 heterocycles. The summed E-state index contributed by atoms with van der Waals surface area (Å²) < 4.78 is 11.8. The topological polar surface area (TPSA) is 40.5 Å². The minimum absolute atomic E-state index is 0.289. The van der Waals surface area contributed by atoms with Gasteiger partial charge in [-0.2, -0.15) is 0 Å². The summed E-state index contributed by atoms with van der Waals surface area (Å²) in [5, 5.41) is 0. The minimum atomic E-state index is -0.289. The highest BCUT2D eigenvalue weighted by molar-refractivity contribution is 5.90. The summed E-state index contributed by atoms with van der Waals surface area (Å²) in [6.07, 6.45) is 5.16. The van der Waals surface area contributed by atoms with Gasteiger partial charge in [0.15, 0.2) is 6.73 Å². The van der Waals surface area contributed by atoms with Crippen LogP contribution in [-0.2, 0) is 16.2 Å². The highest BCUT2D eigenvalue weighted by Gasteiger charge is 2.13. The lowest BCUT2D eigenvalue weighted by molar-refractivity contribution is 0.0526. The van der Waals surface area contributed by atoms with E-state index >= 15 is 0 Å². The zero-order valence-corrected chi connectivity index (χ0v) is 7.90. The van der Waals surface area contributed by atoms with Crippen molar-refractivity contribution < 1.29 is 14.3 Å². The zero-order chi connectivity index (χ0) is 9.97. The first-order valence-corrected chi connectivity index (χ1v) is 4.46. The quantitative estimate of drug-likeness (QED) is 0.670. The molecule has 0 saturated carbocycles. The summed E-state index contributed by atoms with van der Waals surface area (Å²) in [6.45, 7) is 2.63. The Bertz CT molecular complexity index is 379. The molecule has 1 aliphatic heterocycles. The van der Waals surface area contributed by atoms with Crippen molar-refractivity contribution in [2.24, 2.45) is 0 Å². The van der Waals surface area contributed by atoms with Crippen molar-refractivity contribution in [3.8, 4) is 0 Å². The van der Waals surface area contributed by atoms with Gasteiger partial charge in [-0.15, -0.1) is 0 Å². The van der Waals surface area contributed by atoms with Gasteiger partial charge in [0.25, 0.3) is 0 Å². The van der Waals surface area contributed by atoms with Crippen molar-refractivity contribution in [3.63, 3.8) is 0 Å². The first-order chi connectivity index (χ1) is 6.81. The van der Waals surface area contributed by atoms with Gasteiger partial charge < -0.3 is 14.0 Å². The maximum atomic E-state index is 11.4. The molecule has 4 heteroatoms. The molecule has 0 unspecified atom stereocenters. The van der Waals surface area contributed by atoms with Crippen LogP contribution in [0.4, 0.5) is 0 Å². The maximum absolute atomic E-state index is 11.4. The monoisotopic (exact) mass is 193 g/mol. The normalized spacial score (nSPS) is 13.2. The number of nitrogens with zero attached hydrogens (tertiary/aromatic N) is 1. The van der Waals surface area contributed by atoms with Crippen LogP contribution in [-0.4, -0.2) is 17.1 Å². The average Bonchev–Trinajstić information content (AvgIpc) is 2.61. The van der Waals surface area contributed by atoms with E-state index in [0.717, 1.165) is 5.69 Å². The number of ether oxygens (including phenoxy) is 2. The van der Waals surface area contributed by atoms with Gasteiger partial charge in [0.05, 0.1) is 18.4 Å². The molecule has 0 spiro atoms. The molecule has 0 amide bonds. The Morgan fingerprint density at radius 3 is 3.29 bits per heavy atom. The number of carbonyl (C=O) groups excluding carboxylic acids is 1. The second kappa shape index (κ2) is 3.57. The van der Waals surface area contributed by atoms with E-state index in [1.54, 1.807) is 25.4 Å². The van der Waals surface area contributed by atoms with E-state index in [0.29, 0.717) is 18.9 Å². The fourth-order valence-electron chi connectivity index (χ4n) is 1.34. The summed E-state index contributed by atoms with van der Waals surface area (Å²) in [5.41, 5.74) is 1.52. The Kier molecular flexibility index (Phi) is 2.26. The van der Waals surface area contributed by atoms with E-state index < -0.39 is 0 Å².